The first-order valence-corrected chi connectivity index (χ1v) is 18.5. The van der Waals surface area contributed by atoms with Crippen molar-refractivity contribution in [2.45, 2.75) is 57.6 Å². The van der Waals surface area contributed by atoms with E-state index in [1.54, 1.807) is 68.7 Å². The number of imide groups is 1. The van der Waals surface area contributed by atoms with E-state index in [1.807, 2.05) is 0 Å². The minimum absolute atomic E-state index is 0.00618. The quantitative estimate of drug-likeness (QED) is 0.0664. The predicted molar refractivity (Wildman–Crippen MR) is 207 cm³/mol. The molecule has 0 aliphatic carbocycles. The van der Waals surface area contributed by atoms with E-state index in [2.05, 4.69) is 31.9 Å². The van der Waals surface area contributed by atoms with E-state index >= 15 is 0 Å². The van der Waals surface area contributed by atoms with E-state index in [0.717, 1.165) is 10.5 Å². The molecule has 6 N–H and O–H groups in total. The van der Waals surface area contributed by atoms with Crippen molar-refractivity contribution in [1.29, 1.82) is 0 Å². The summed E-state index contributed by atoms with van der Waals surface area (Å²) in [6.07, 6.45) is 4.54. The van der Waals surface area contributed by atoms with Gasteiger partial charge in [-0.2, -0.15) is 0 Å². The number of rotatable bonds is 23. The van der Waals surface area contributed by atoms with E-state index in [9.17, 15) is 43.2 Å². The Labute approximate surface area is 330 Å². The fraction of sp³-hybridized carbons (Fsp3) is 0.410. The highest BCUT2D eigenvalue weighted by atomic mass is 16.6. The summed E-state index contributed by atoms with van der Waals surface area (Å²) < 4.78 is 5.30. The largest absolute Gasteiger partial charge is 0.445 e. The molecule has 57 heavy (non-hydrogen) atoms. The zero-order chi connectivity index (χ0) is 41.6. The van der Waals surface area contributed by atoms with Gasteiger partial charge < -0.3 is 41.5 Å². The van der Waals surface area contributed by atoms with Gasteiger partial charge in [0, 0.05) is 64.3 Å². The fourth-order valence-electron chi connectivity index (χ4n) is 5.33. The molecule has 2 aromatic rings. The number of nitrogens with zero attached hydrogens (tertiary/aromatic N) is 2. The van der Waals surface area contributed by atoms with Crippen LogP contribution in [0.1, 0.15) is 49.7 Å². The minimum Gasteiger partial charge on any atom is -0.445 e. The van der Waals surface area contributed by atoms with Crippen LogP contribution in [0.3, 0.4) is 0 Å². The van der Waals surface area contributed by atoms with Crippen LogP contribution in [0.2, 0.25) is 0 Å². The van der Waals surface area contributed by atoms with Crippen LogP contribution >= 0.6 is 0 Å². The van der Waals surface area contributed by atoms with Crippen molar-refractivity contribution in [1.82, 2.24) is 36.4 Å². The summed E-state index contributed by atoms with van der Waals surface area (Å²) in [5.41, 5.74) is 1.84. The Morgan fingerprint density at radius 1 is 0.684 bits per heavy atom. The fourth-order valence-corrected chi connectivity index (χ4v) is 5.33. The van der Waals surface area contributed by atoms with Crippen LogP contribution in [-0.4, -0.2) is 116 Å². The molecule has 0 fully saturated rings. The maximum atomic E-state index is 13.2. The molecule has 0 saturated carbocycles. The molecule has 2 aromatic carbocycles. The molecule has 1 atom stereocenters. The first kappa shape index (κ1) is 44.8. The Balaban J connectivity index is 1.37. The number of hydrogen-bond acceptors (Lipinski definition) is 10. The van der Waals surface area contributed by atoms with Crippen molar-refractivity contribution < 1.29 is 47.9 Å². The van der Waals surface area contributed by atoms with E-state index in [0.29, 0.717) is 49.9 Å². The summed E-state index contributed by atoms with van der Waals surface area (Å²) in [6, 6.07) is 14.4. The first-order valence-electron chi connectivity index (χ1n) is 18.5. The molecule has 1 heterocycles. The molecular formula is C39H50N8O10. The molecule has 0 bridgehead atoms. The number of benzene rings is 2. The molecule has 0 aromatic heterocycles. The normalized spacial score (nSPS) is 12.3. The summed E-state index contributed by atoms with van der Waals surface area (Å²) in [6.45, 7) is -0.627. The predicted octanol–water partition coefficient (Wildman–Crippen LogP) is 0.281. The maximum Gasteiger partial charge on any atom is 0.409 e. The van der Waals surface area contributed by atoms with Crippen LogP contribution in [0.25, 0.3) is 0 Å². The standard InChI is InChI=1S/C39H50N8O10/c1-40-31(48)13-9-20-46(2)39(56)57-26-28-14-16-29(17-15-28)44-34(51)25-43-38(55)30(22-27-10-5-3-6-11-27)45-35(52)24-42-33(50)23-41-32(49)12-7-4-8-21-47-36(53)18-19-37(47)54/h3,5-6,10-11,14-19,30H,4,7-9,12-13,20-26H2,1-2H3,(H,40,48)(H,41,49)(H,42,50)(H,43,55)(H,44,51)(H,45,52). The van der Waals surface area contributed by atoms with Crippen molar-refractivity contribution in [2.24, 2.45) is 0 Å². The van der Waals surface area contributed by atoms with Gasteiger partial charge in [-0.3, -0.25) is 43.3 Å². The van der Waals surface area contributed by atoms with Gasteiger partial charge in [0.05, 0.1) is 19.6 Å². The van der Waals surface area contributed by atoms with E-state index < -0.39 is 48.9 Å². The van der Waals surface area contributed by atoms with Gasteiger partial charge in [0.1, 0.15) is 12.6 Å². The lowest BCUT2D eigenvalue weighted by Crippen LogP contribution is -2.52. The maximum absolute atomic E-state index is 13.2. The van der Waals surface area contributed by atoms with Crippen LogP contribution in [0, 0.1) is 0 Å². The Morgan fingerprint density at radius 2 is 1.32 bits per heavy atom. The number of anilines is 1. The highest BCUT2D eigenvalue weighted by Crippen LogP contribution is 2.12. The zero-order valence-electron chi connectivity index (χ0n) is 32.1. The summed E-state index contributed by atoms with van der Waals surface area (Å²) in [5, 5.41) is 15.2. The van der Waals surface area contributed by atoms with Crippen molar-refractivity contribution in [3.05, 3.63) is 77.9 Å². The van der Waals surface area contributed by atoms with E-state index in [1.165, 1.54) is 17.1 Å². The molecule has 3 rings (SSSR count). The van der Waals surface area contributed by atoms with Gasteiger partial charge in [0.15, 0.2) is 0 Å². The van der Waals surface area contributed by atoms with Crippen LogP contribution in [0.5, 0.6) is 0 Å². The van der Waals surface area contributed by atoms with Gasteiger partial charge in [-0.1, -0.05) is 48.9 Å². The third-order valence-corrected chi connectivity index (χ3v) is 8.52. The topological polar surface area (TPSA) is 242 Å². The molecule has 1 aliphatic rings. The molecule has 306 valence electrons. The third-order valence-electron chi connectivity index (χ3n) is 8.52. The lowest BCUT2D eigenvalue weighted by atomic mass is 10.1. The summed E-state index contributed by atoms with van der Waals surface area (Å²) in [7, 11) is 3.12. The monoisotopic (exact) mass is 790 g/mol. The second kappa shape index (κ2) is 24.0. The number of amides is 9. The van der Waals surface area contributed by atoms with Crippen molar-refractivity contribution in [2.75, 3.05) is 52.1 Å². The SMILES string of the molecule is CNC(=O)CCCN(C)C(=O)OCc1ccc(NC(=O)CNC(=O)C(Cc2ccccc2)NC(=O)CNC(=O)CNC(=O)CCCCCN2C(=O)C=CC2=O)cc1. The summed E-state index contributed by atoms with van der Waals surface area (Å²) >= 11 is 0. The average Bonchev–Trinajstić information content (AvgIpc) is 3.53. The van der Waals surface area contributed by atoms with Gasteiger partial charge in [0.25, 0.3) is 11.8 Å². The molecule has 0 saturated heterocycles. The van der Waals surface area contributed by atoms with Crippen molar-refractivity contribution >= 4 is 59.0 Å². The smallest absolute Gasteiger partial charge is 0.409 e. The number of carbonyl (C=O) groups is 9. The molecule has 9 amide bonds. The number of carbonyl (C=O) groups excluding carboxylic acids is 9. The minimum atomic E-state index is -1.08. The van der Waals surface area contributed by atoms with Crippen molar-refractivity contribution in [3.8, 4) is 0 Å². The number of nitrogens with one attached hydrogen (secondary N) is 6. The lowest BCUT2D eigenvalue weighted by Gasteiger charge is -2.19. The second-order valence-corrected chi connectivity index (χ2v) is 13.1. The van der Waals surface area contributed by atoms with Gasteiger partial charge in [-0.05, 0) is 42.5 Å². The van der Waals surface area contributed by atoms with Crippen LogP contribution in [0.4, 0.5) is 10.5 Å². The van der Waals surface area contributed by atoms with Gasteiger partial charge in [-0.15, -0.1) is 0 Å². The molecule has 1 unspecified atom stereocenters. The highest BCUT2D eigenvalue weighted by molar-refractivity contribution is 6.12. The zero-order valence-corrected chi connectivity index (χ0v) is 32.1. The van der Waals surface area contributed by atoms with E-state index in [-0.39, 0.29) is 56.2 Å². The van der Waals surface area contributed by atoms with Gasteiger partial charge in [-0.25, -0.2) is 4.79 Å². The summed E-state index contributed by atoms with van der Waals surface area (Å²) in [4.78, 5) is 112. The van der Waals surface area contributed by atoms with Crippen LogP contribution < -0.4 is 31.9 Å². The van der Waals surface area contributed by atoms with E-state index in [4.69, 9.17) is 4.74 Å². The van der Waals surface area contributed by atoms with Gasteiger partial charge in [0.2, 0.25) is 35.4 Å². The molecule has 0 spiro atoms. The Hall–Kier alpha value is -6.59. The Morgan fingerprint density at radius 3 is 2.00 bits per heavy atom. The molecular weight excluding hydrogens is 740 g/mol. The summed E-state index contributed by atoms with van der Waals surface area (Å²) in [5.74, 6) is -3.65. The highest BCUT2D eigenvalue weighted by Gasteiger charge is 2.23. The first-order chi connectivity index (χ1) is 27.3. The van der Waals surface area contributed by atoms with Crippen LogP contribution in [0.15, 0.2) is 66.7 Å². The third kappa shape index (κ3) is 17.2. The molecule has 0 radical (unpaired) electrons. The van der Waals surface area contributed by atoms with Gasteiger partial charge >= 0.3 is 6.09 Å². The number of unbranched alkanes of at least 4 members (excludes halogenated alkanes) is 2. The number of hydrogen-bond donors (Lipinski definition) is 6. The molecule has 1 aliphatic heterocycles. The number of ether oxygens (including phenoxy) is 1. The lowest BCUT2D eigenvalue weighted by molar-refractivity contribution is -0.137. The Bertz CT molecular complexity index is 1750. The second-order valence-electron chi connectivity index (χ2n) is 13.1. The Kier molecular flexibility index (Phi) is 18.9. The average molecular weight is 791 g/mol. The molecule has 18 nitrogen and oxygen atoms in total. The van der Waals surface area contributed by atoms with Crippen LogP contribution in [-0.2, 0) is 56.1 Å². The molecule has 18 heteroatoms. The van der Waals surface area contributed by atoms with Crippen molar-refractivity contribution in [3.63, 3.8) is 0 Å².